The van der Waals surface area contributed by atoms with Crippen molar-refractivity contribution in [3.8, 4) is 5.75 Å². The average molecular weight is 504 g/mol. The number of hydrogen-bond donors (Lipinski definition) is 0. The summed E-state index contributed by atoms with van der Waals surface area (Å²) < 4.78 is 42.0. The predicted octanol–water partition coefficient (Wildman–Crippen LogP) is 5.79. The van der Waals surface area contributed by atoms with Crippen LogP contribution in [0.25, 0.3) is 10.8 Å². The summed E-state index contributed by atoms with van der Waals surface area (Å²) in [7, 11) is 0. The number of para-hydroxylation sites is 1. The molecule has 2 aliphatic rings. The molecule has 3 atom stereocenters. The number of imide groups is 1. The van der Waals surface area contributed by atoms with Gasteiger partial charge in [0.05, 0.1) is 17.4 Å². The highest BCUT2D eigenvalue weighted by molar-refractivity contribution is 6.26. The number of carbonyl (C=O) groups is 2. The third-order valence-electron chi connectivity index (χ3n) is 6.59. The van der Waals surface area contributed by atoms with Gasteiger partial charge in [-0.25, -0.2) is 9.96 Å². The molecule has 9 heteroatoms. The van der Waals surface area contributed by atoms with Crippen molar-refractivity contribution in [1.29, 1.82) is 0 Å². The van der Waals surface area contributed by atoms with Crippen LogP contribution in [0.1, 0.15) is 11.6 Å². The van der Waals surface area contributed by atoms with Gasteiger partial charge in [0.25, 0.3) is 5.91 Å². The second-order valence-corrected chi connectivity index (χ2v) is 8.78. The normalized spacial score (nSPS) is 21.5. The molecular weight excluding hydrogens is 485 g/mol. The van der Waals surface area contributed by atoms with Gasteiger partial charge in [-0.1, -0.05) is 66.7 Å². The van der Waals surface area contributed by atoms with Gasteiger partial charge in [0.2, 0.25) is 5.91 Å². The molecule has 2 aliphatic heterocycles. The second-order valence-electron chi connectivity index (χ2n) is 8.78. The van der Waals surface area contributed by atoms with Gasteiger partial charge in [-0.2, -0.15) is 0 Å². The van der Waals surface area contributed by atoms with E-state index < -0.39 is 36.2 Å². The summed E-state index contributed by atoms with van der Waals surface area (Å²) in [4.78, 5) is 34.8. The van der Waals surface area contributed by atoms with E-state index in [2.05, 4.69) is 4.74 Å². The SMILES string of the molecule is O=C1[C@@H]2[C@@H](c3ccc(OC(F)(F)F)cc3)N(c3ccccc3)O[C@H]2C(=O)N1c1cccc2ccccc12. The van der Waals surface area contributed by atoms with E-state index in [1.165, 1.54) is 29.3 Å². The van der Waals surface area contributed by atoms with Gasteiger partial charge in [0.15, 0.2) is 6.10 Å². The molecule has 186 valence electrons. The molecule has 0 N–H and O–H groups in total. The van der Waals surface area contributed by atoms with Crippen molar-refractivity contribution in [3.63, 3.8) is 0 Å². The largest absolute Gasteiger partial charge is 0.573 e. The molecule has 0 unspecified atom stereocenters. The van der Waals surface area contributed by atoms with Crippen molar-refractivity contribution < 1.29 is 32.3 Å². The first kappa shape index (κ1) is 23.1. The molecule has 37 heavy (non-hydrogen) atoms. The van der Waals surface area contributed by atoms with Crippen molar-refractivity contribution in [2.24, 2.45) is 5.92 Å². The number of amides is 2. The Labute approximate surface area is 209 Å². The van der Waals surface area contributed by atoms with E-state index >= 15 is 0 Å². The van der Waals surface area contributed by atoms with E-state index in [4.69, 9.17) is 4.84 Å². The van der Waals surface area contributed by atoms with Crippen molar-refractivity contribution in [1.82, 2.24) is 0 Å². The third kappa shape index (κ3) is 3.97. The van der Waals surface area contributed by atoms with E-state index in [1.807, 2.05) is 36.4 Å². The molecule has 0 aromatic heterocycles. The maximum absolute atomic E-state index is 13.9. The Balaban J connectivity index is 1.42. The Bertz CT molecular complexity index is 1490. The number of hydroxylamine groups is 1. The maximum Gasteiger partial charge on any atom is 0.573 e. The van der Waals surface area contributed by atoms with Crippen molar-refractivity contribution >= 4 is 34.0 Å². The lowest BCUT2D eigenvalue weighted by atomic mass is 9.90. The minimum atomic E-state index is -4.83. The lowest BCUT2D eigenvalue weighted by molar-refractivity contribution is -0.274. The van der Waals surface area contributed by atoms with Crippen molar-refractivity contribution in [3.05, 3.63) is 103 Å². The summed E-state index contributed by atoms with van der Waals surface area (Å²) in [6.07, 6.45) is -5.92. The fourth-order valence-corrected chi connectivity index (χ4v) is 5.06. The Hall–Kier alpha value is -4.37. The number of alkyl halides is 3. The van der Waals surface area contributed by atoms with Gasteiger partial charge in [0, 0.05) is 5.39 Å². The number of rotatable bonds is 4. The molecule has 6 nitrogen and oxygen atoms in total. The van der Waals surface area contributed by atoms with Crippen LogP contribution in [0.5, 0.6) is 5.75 Å². The highest BCUT2D eigenvalue weighted by Gasteiger charge is 2.60. The second kappa shape index (κ2) is 8.63. The van der Waals surface area contributed by atoms with Crippen LogP contribution in [0.4, 0.5) is 24.5 Å². The first-order chi connectivity index (χ1) is 17.8. The maximum atomic E-state index is 13.9. The number of nitrogens with zero attached hydrogens (tertiary/aromatic N) is 2. The lowest BCUT2D eigenvalue weighted by Crippen LogP contribution is -2.37. The van der Waals surface area contributed by atoms with Crippen LogP contribution in [0.2, 0.25) is 0 Å². The van der Waals surface area contributed by atoms with Gasteiger partial charge in [0.1, 0.15) is 11.7 Å². The molecule has 0 spiro atoms. The summed E-state index contributed by atoms with van der Waals surface area (Å²) in [6.45, 7) is 0. The number of halogens is 3. The summed E-state index contributed by atoms with van der Waals surface area (Å²) in [5.41, 5.74) is 1.58. The molecule has 2 heterocycles. The van der Waals surface area contributed by atoms with Crippen LogP contribution in [-0.4, -0.2) is 24.3 Å². The van der Waals surface area contributed by atoms with E-state index in [9.17, 15) is 22.8 Å². The molecule has 0 bridgehead atoms. The van der Waals surface area contributed by atoms with Crippen LogP contribution < -0.4 is 14.7 Å². The van der Waals surface area contributed by atoms with E-state index in [0.29, 0.717) is 16.9 Å². The fourth-order valence-electron chi connectivity index (χ4n) is 5.06. The van der Waals surface area contributed by atoms with Gasteiger partial charge in [-0.3, -0.25) is 14.4 Å². The molecule has 6 rings (SSSR count). The zero-order valence-electron chi connectivity index (χ0n) is 19.1. The van der Waals surface area contributed by atoms with Gasteiger partial charge >= 0.3 is 6.36 Å². The van der Waals surface area contributed by atoms with Crippen LogP contribution >= 0.6 is 0 Å². The third-order valence-corrected chi connectivity index (χ3v) is 6.59. The van der Waals surface area contributed by atoms with E-state index in [1.54, 1.807) is 36.4 Å². The topological polar surface area (TPSA) is 59.1 Å². The Morgan fingerprint density at radius 3 is 2.16 bits per heavy atom. The number of ether oxygens (including phenoxy) is 1. The van der Waals surface area contributed by atoms with Gasteiger partial charge in [-0.15, -0.1) is 13.2 Å². The van der Waals surface area contributed by atoms with Gasteiger partial charge < -0.3 is 4.74 Å². The minimum absolute atomic E-state index is 0.385. The standard InChI is InChI=1S/C28H19F3N2O4/c29-28(30,31)36-20-15-13-18(14-16-20)24-23-25(37-33(24)19-9-2-1-3-10-19)27(35)32(26(23)34)22-12-6-8-17-7-4-5-11-21(17)22/h1-16,23-25H/t23-,24-,25-/m1/s1. The molecule has 4 aromatic carbocycles. The van der Waals surface area contributed by atoms with Crippen LogP contribution in [0.15, 0.2) is 97.1 Å². The first-order valence-corrected chi connectivity index (χ1v) is 11.5. The van der Waals surface area contributed by atoms with Gasteiger partial charge in [-0.05, 0) is 41.3 Å². The molecule has 0 aliphatic carbocycles. The van der Waals surface area contributed by atoms with Crippen molar-refractivity contribution in [2.75, 3.05) is 9.96 Å². The molecule has 0 radical (unpaired) electrons. The van der Waals surface area contributed by atoms with E-state index in [-0.39, 0.29) is 5.75 Å². The highest BCUT2D eigenvalue weighted by atomic mass is 19.4. The zero-order chi connectivity index (χ0) is 25.7. The Kier molecular flexibility index (Phi) is 5.38. The predicted molar refractivity (Wildman–Crippen MR) is 130 cm³/mol. The molecule has 2 saturated heterocycles. The number of fused-ring (bicyclic) bond motifs is 2. The Morgan fingerprint density at radius 2 is 1.43 bits per heavy atom. The number of carbonyl (C=O) groups excluding carboxylic acids is 2. The van der Waals surface area contributed by atoms with Crippen LogP contribution in [-0.2, 0) is 14.4 Å². The molecule has 0 saturated carbocycles. The average Bonchev–Trinajstić information content (AvgIpc) is 3.40. The zero-order valence-corrected chi connectivity index (χ0v) is 19.1. The quantitative estimate of drug-likeness (QED) is 0.330. The molecule has 2 fully saturated rings. The number of benzene rings is 4. The fraction of sp³-hybridized carbons (Fsp3) is 0.143. The number of hydrogen-bond acceptors (Lipinski definition) is 5. The van der Waals surface area contributed by atoms with Crippen molar-refractivity contribution in [2.45, 2.75) is 18.5 Å². The first-order valence-electron chi connectivity index (χ1n) is 11.5. The minimum Gasteiger partial charge on any atom is -0.406 e. The molecular formula is C28H19F3N2O4. The summed E-state index contributed by atoms with van der Waals surface area (Å²) in [5, 5.41) is 3.11. The molecule has 2 amide bonds. The van der Waals surface area contributed by atoms with E-state index in [0.717, 1.165) is 15.7 Å². The number of anilines is 2. The van der Waals surface area contributed by atoms with Crippen LogP contribution in [0.3, 0.4) is 0 Å². The highest BCUT2D eigenvalue weighted by Crippen LogP contribution is 2.48. The molecule has 4 aromatic rings. The smallest absolute Gasteiger partial charge is 0.406 e. The Morgan fingerprint density at radius 1 is 0.757 bits per heavy atom. The summed E-state index contributed by atoms with van der Waals surface area (Å²) in [5.74, 6) is -2.23. The monoisotopic (exact) mass is 504 g/mol. The lowest BCUT2D eigenvalue weighted by Gasteiger charge is -2.29. The summed E-state index contributed by atoms with van der Waals surface area (Å²) >= 11 is 0. The van der Waals surface area contributed by atoms with Crippen LogP contribution in [0, 0.1) is 5.92 Å². The summed E-state index contributed by atoms with van der Waals surface area (Å²) in [6, 6.07) is 26.3.